The van der Waals surface area contributed by atoms with Crippen molar-refractivity contribution in [3.8, 4) is 11.4 Å². The van der Waals surface area contributed by atoms with Crippen LogP contribution in [-0.2, 0) is 6.54 Å². The lowest BCUT2D eigenvalue weighted by atomic mass is 10.2. The molecule has 6 nitrogen and oxygen atoms in total. The van der Waals surface area contributed by atoms with Crippen LogP contribution in [0, 0.1) is 6.92 Å². The normalized spacial score (nSPS) is 11.2. The Morgan fingerprint density at radius 3 is 2.58 bits per heavy atom. The molecule has 31 heavy (non-hydrogen) atoms. The van der Waals surface area contributed by atoms with Crippen molar-refractivity contribution in [1.29, 1.82) is 0 Å². The van der Waals surface area contributed by atoms with Gasteiger partial charge in [0.25, 0.3) is 5.91 Å². The molecule has 0 saturated carbocycles. The second-order valence-electron chi connectivity index (χ2n) is 7.64. The van der Waals surface area contributed by atoms with E-state index >= 15 is 0 Å². The van der Waals surface area contributed by atoms with Crippen LogP contribution < -0.4 is 10.1 Å². The van der Waals surface area contributed by atoms with E-state index in [2.05, 4.69) is 15.3 Å². The average Bonchev–Trinajstić information content (AvgIpc) is 3.34. The van der Waals surface area contributed by atoms with Crippen LogP contribution in [0.2, 0.25) is 0 Å². The van der Waals surface area contributed by atoms with E-state index in [4.69, 9.17) is 4.74 Å². The summed E-state index contributed by atoms with van der Waals surface area (Å²) in [5.74, 6) is 0.758. The Morgan fingerprint density at radius 1 is 1.13 bits per heavy atom. The minimum atomic E-state index is -0.0773. The quantitative estimate of drug-likeness (QED) is 0.450. The first-order valence-electron chi connectivity index (χ1n) is 10.2. The summed E-state index contributed by atoms with van der Waals surface area (Å²) >= 11 is 1.46. The van der Waals surface area contributed by atoms with E-state index in [-0.39, 0.29) is 5.91 Å². The van der Waals surface area contributed by atoms with Crippen LogP contribution in [0.15, 0.2) is 60.7 Å². The average molecular weight is 435 g/mol. The fourth-order valence-electron chi connectivity index (χ4n) is 3.22. The van der Waals surface area contributed by atoms with E-state index in [1.54, 1.807) is 0 Å². The number of carbonyl (C=O) groups excluding carboxylic acids is 1. The standard InChI is InChI=1S/C24H26N4O2S/c1-17-21-15-22(31-24(21)28(26-17)19-7-5-4-6-8-19)23(29)25-16-18-9-11-20(12-10-18)30-14-13-27(2)3/h4-12,15H,13-14,16H2,1-3H3,(H,25,29). The SMILES string of the molecule is Cc1nn(-c2ccccc2)c2sc(C(=O)NCc3ccc(OCCN(C)C)cc3)cc12. The highest BCUT2D eigenvalue weighted by atomic mass is 32.1. The zero-order chi connectivity index (χ0) is 21.8. The summed E-state index contributed by atoms with van der Waals surface area (Å²) in [6.45, 7) is 3.95. The van der Waals surface area contributed by atoms with Crippen LogP contribution in [0.1, 0.15) is 20.9 Å². The molecule has 160 valence electrons. The molecule has 1 N–H and O–H groups in total. The van der Waals surface area contributed by atoms with Crippen molar-refractivity contribution in [2.24, 2.45) is 0 Å². The largest absolute Gasteiger partial charge is 0.492 e. The van der Waals surface area contributed by atoms with Crippen LogP contribution >= 0.6 is 11.3 Å². The van der Waals surface area contributed by atoms with E-state index in [0.29, 0.717) is 18.0 Å². The Bertz CT molecular complexity index is 1160. The first-order chi connectivity index (χ1) is 15.0. The monoisotopic (exact) mass is 434 g/mol. The summed E-state index contributed by atoms with van der Waals surface area (Å²) in [5, 5.41) is 8.66. The molecule has 0 saturated heterocycles. The predicted molar refractivity (Wildman–Crippen MR) is 125 cm³/mol. The van der Waals surface area contributed by atoms with Gasteiger partial charge in [-0.05, 0) is 56.9 Å². The first-order valence-corrected chi connectivity index (χ1v) is 11.0. The van der Waals surface area contributed by atoms with Gasteiger partial charge in [-0.3, -0.25) is 4.79 Å². The van der Waals surface area contributed by atoms with Crippen molar-refractivity contribution in [3.05, 3.63) is 76.8 Å². The molecule has 0 aliphatic rings. The van der Waals surface area contributed by atoms with Crippen molar-refractivity contribution in [3.63, 3.8) is 0 Å². The Morgan fingerprint density at radius 2 is 1.87 bits per heavy atom. The summed E-state index contributed by atoms with van der Waals surface area (Å²) in [6, 6.07) is 19.7. The highest BCUT2D eigenvalue weighted by Gasteiger charge is 2.17. The second kappa shape index (κ2) is 9.32. The van der Waals surface area contributed by atoms with Gasteiger partial charge in [-0.1, -0.05) is 30.3 Å². The van der Waals surface area contributed by atoms with Gasteiger partial charge in [0, 0.05) is 18.5 Å². The second-order valence-corrected chi connectivity index (χ2v) is 8.67. The maximum Gasteiger partial charge on any atom is 0.261 e. The van der Waals surface area contributed by atoms with Crippen molar-refractivity contribution >= 4 is 27.5 Å². The third-order valence-corrected chi connectivity index (χ3v) is 6.06. The maximum atomic E-state index is 12.8. The first kappa shape index (κ1) is 21.1. The molecule has 0 radical (unpaired) electrons. The van der Waals surface area contributed by atoms with Crippen molar-refractivity contribution < 1.29 is 9.53 Å². The molecule has 4 rings (SSSR count). The number of hydrogen-bond acceptors (Lipinski definition) is 5. The number of amides is 1. The summed E-state index contributed by atoms with van der Waals surface area (Å²) in [6.07, 6.45) is 0. The minimum Gasteiger partial charge on any atom is -0.492 e. The molecule has 1 amide bonds. The number of ether oxygens (including phenoxy) is 1. The number of nitrogens with zero attached hydrogens (tertiary/aromatic N) is 3. The molecule has 2 aromatic heterocycles. The lowest BCUT2D eigenvalue weighted by Crippen LogP contribution is -2.21. The molecule has 7 heteroatoms. The number of benzene rings is 2. The predicted octanol–water partition coefficient (Wildman–Crippen LogP) is 4.27. The molecule has 2 aromatic carbocycles. The molecular formula is C24H26N4O2S. The maximum absolute atomic E-state index is 12.8. The molecule has 0 spiro atoms. The van der Waals surface area contributed by atoms with Gasteiger partial charge in [0.1, 0.15) is 17.2 Å². The summed E-state index contributed by atoms with van der Waals surface area (Å²) in [5.41, 5.74) is 2.93. The van der Waals surface area contributed by atoms with Crippen LogP contribution in [0.4, 0.5) is 0 Å². The molecule has 0 aliphatic heterocycles. The number of aryl methyl sites for hydroxylation is 1. The fraction of sp³-hybridized carbons (Fsp3) is 0.250. The van der Waals surface area contributed by atoms with Gasteiger partial charge in [0.2, 0.25) is 0 Å². The van der Waals surface area contributed by atoms with Crippen molar-refractivity contribution in [2.75, 3.05) is 27.2 Å². The number of rotatable bonds is 8. The smallest absolute Gasteiger partial charge is 0.261 e. The van der Waals surface area contributed by atoms with Gasteiger partial charge in [0.15, 0.2) is 0 Å². The zero-order valence-electron chi connectivity index (χ0n) is 18.0. The molecule has 0 atom stereocenters. The molecule has 2 heterocycles. The molecular weight excluding hydrogens is 408 g/mol. The number of fused-ring (bicyclic) bond motifs is 1. The van der Waals surface area contributed by atoms with E-state index < -0.39 is 0 Å². The van der Waals surface area contributed by atoms with E-state index in [1.807, 2.05) is 86.4 Å². The van der Waals surface area contributed by atoms with E-state index in [9.17, 15) is 4.79 Å². The third-order valence-electron chi connectivity index (χ3n) is 4.95. The highest BCUT2D eigenvalue weighted by molar-refractivity contribution is 7.20. The highest BCUT2D eigenvalue weighted by Crippen LogP contribution is 2.30. The lowest BCUT2D eigenvalue weighted by Gasteiger charge is -2.11. The van der Waals surface area contributed by atoms with Crippen LogP contribution in [0.3, 0.4) is 0 Å². The van der Waals surface area contributed by atoms with Gasteiger partial charge in [-0.15, -0.1) is 11.3 Å². The Hall–Kier alpha value is -3.16. The zero-order valence-corrected chi connectivity index (χ0v) is 18.8. The van der Waals surface area contributed by atoms with Gasteiger partial charge < -0.3 is 15.0 Å². The summed E-state index contributed by atoms with van der Waals surface area (Å²) in [7, 11) is 4.04. The van der Waals surface area contributed by atoms with Gasteiger partial charge in [0.05, 0.1) is 16.3 Å². The van der Waals surface area contributed by atoms with Crippen molar-refractivity contribution in [1.82, 2.24) is 20.0 Å². The molecule has 4 aromatic rings. The van der Waals surface area contributed by atoms with E-state index in [0.717, 1.165) is 39.5 Å². The Kier molecular flexibility index (Phi) is 6.34. The summed E-state index contributed by atoms with van der Waals surface area (Å²) in [4.78, 5) is 16.5. The Labute approximate surface area is 186 Å². The minimum absolute atomic E-state index is 0.0773. The number of hydrogen-bond donors (Lipinski definition) is 1. The van der Waals surface area contributed by atoms with Crippen molar-refractivity contribution in [2.45, 2.75) is 13.5 Å². The van der Waals surface area contributed by atoms with Gasteiger partial charge >= 0.3 is 0 Å². The summed E-state index contributed by atoms with van der Waals surface area (Å²) < 4.78 is 7.62. The number of nitrogens with one attached hydrogen (secondary N) is 1. The van der Waals surface area contributed by atoms with Gasteiger partial charge in [-0.2, -0.15) is 5.10 Å². The number of para-hydroxylation sites is 1. The number of thiophene rings is 1. The van der Waals surface area contributed by atoms with Crippen LogP contribution in [0.25, 0.3) is 15.9 Å². The van der Waals surface area contributed by atoms with Crippen LogP contribution in [-0.4, -0.2) is 47.8 Å². The number of carbonyl (C=O) groups is 1. The Balaban J connectivity index is 1.41. The molecule has 0 bridgehead atoms. The van der Waals surface area contributed by atoms with Gasteiger partial charge in [-0.25, -0.2) is 4.68 Å². The molecule has 0 aliphatic carbocycles. The van der Waals surface area contributed by atoms with Crippen LogP contribution in [0.5, 0.6) is 5.75 Å². The third kappa shape index (κ3) is 4.95. The molecule has 0 unspecified atom stereocenters. The number of likely N-dealkylation sites (N-methyl/N-ethyl adjacent to an activating group) is 1. The number of aromatic nitrogens is 2. The topological polar surface area (TPSA) is 59.4 Å². The molecule has 0 fully saturated rings. The van der Waals surface area contributed by atoms with E-state index in [1.165, 1.54) is 11.3 Å². The lowest BCUT2D eigenvalue weighted by molar-refractivity contribution is 0.0955. The fourth-order valence-corrected chi connectivity index (χ4v) is 4.32.